The highest BCUT2D eigenvalue weighted by Gasteiger charge is 2.24. The second-order valence-electron chi connectivity index (χ2n) is 5.37. The molecule has 0 spiro atoms. The van der Waals surface area contributed by atoms with Gasteiger partial charge in [-0.2, -0.15) is 0 Å². The van der Waals surface area contributed by atoms with E-state index in [1.165, 1.54) is 22.5 Å². The monoisotopic (exact) mass is 367 g/mol. The van der Waals surface area contributed by atoms with E-state index in [9.17, 15) is 4.79 Å². The second kappa shape index (κ2) is 7.71. The third-order valence-electron chi connectivity index (χ3n) is 3.83. The van der Waals surface area contributed by atoms with E-state index in [0.717, 1.165) is 32.7 Å². The Morgan fingerprint density at radius 3 is 3.13 bits per heavy atom. The molecule has 3 nitrogen and oxygen atoms in total. The highest BCUT2D eigenvalue weighted by molar-refractivity contribution is 8.01. The lowest BCUT2D eigenvalue weighted by molar-refractivity contribution is 0.0941. The molecule has 122 valence electrons. The molecule has 0 unspecified atom stereocenters. The van der Waals surface area contributed by atoms with Crippen LogP contribution in [0.15, 0.2) is 34.5 Å². The average molecular weight is 368 g/mol. The molecule has 1 aliphatic rings. The number of hydrogen-bond acceptors (Lipinski definition) is 4. The number of ether oxygens (including phenoxy) is 1. The van der Waals surface area contributed by atoms with Crippen molar-refractivity contribution < 1.29 is 9.53 Å². The molecule has 6 heteroatoms. The number of thioether (sulfide) groups is 1. The van der Waals surface area contributed by atoms with E-state index in [4.69, 9.17) is 16.3 Å². The minimum atomic E-state index is 0.00129. The summed E-state index contributed by atoms with van der Waals surface area (Å²) in [4.78, 5) is 13.2. The first-order valence-corrected chi connectivity index (χ1v) is 9.66. The molecule has 1 N–H and O–H groups in total. The molecular weight excluding hydrogens is 350 g/mol. The van der Waals surface area contributed by atoms with Gasteiger partial charge in [-0.1, -0.05) is 17.7 Å². The number of rotatable bonds is 6. The summed E-state index contributed by atoms with van der Waals surface area (Å²) in [6.45, 7) is 0.714. The predicted molar refractivity (Wildman–Crippen MR) is 96.9 cm³/mol. The van der Waals surface area contributed by atoms with Gasteiger partial charge in [0.2, 0.25) is 0 Å². The summed E-state index contributed by atoms with van der Waals surface area (Å²) in [6.07, 6.45) is 1.89. The van der Waals surface area contributed by atoms with E-state index in [2.05, 4.69) is 5.32 Å². The molecule has 1 aromatic heterocycles. The molecule has 0 fully saturated rings. The first-order valence-electron chi connectivity index (χ1n) is 7.48. The van der Waals surface area contributed by atoms with Crippen LogP contribution in [-0.4, -0.2) is 25.4 Å². The van der Waals surface area contributed by atoms with E-state index >= 15 is 0 Å². The number of carbonyl (C=O) groups excluding carboxylic acids is 1. The van der Waals surface area contributed by atoms with E-state index in [1.807, 2.05) is 30.3 Å². The molecule has 2 aromatic rings. The van der Waals surface area contributed by atoms with Crippen molar-refractivity contribution in [2.45, 2.75) is 23.1 Å². The summed E-state index contributed by atoms with van der Waals surface area (Å²) in [5.41, 5.74) is 2.43. The molecule has 1 amide bonds. The minimum absolute atomic E-state index is 0.00129. The number of methoxy groups -OCH3 is 1. The highest BCUT2D eigenvalue weighted by atomic mass is 35.5. The Labute approximate surface area is 149 Å². The lowest BCUT2D eigenvalue weighted by Gasteiger charge is -2.13. The molecule has 0 aliphatic heterocycles. The standard InChI is InChI=1S/C17H18ClNO2S2/c1-21-8-9-22-16-7-6-15(23-16)17(20)19-14-5-2-11-10-12(18)3-4-13(11)14/h3-4,6-7,10,14H,2,5,8-9H2,1H3,(H,19,20)/t14-/m1/s1. The molecule has 1 aromatic carbocycles. The van der Waals surface area contributed by atoms with Crippen LogP contribution in [0.3, 0.4) is 0 Å². The average Bonchev–Trinajstić information content (AvgIpc) is 3.15. The number of fused-ring (bicyclic) bond motifs is 1. The van der Waals surface area contributed by atoms with E-state index in [1.54, 1.807) is 18.9 Å². The smallest absolute Gasteiger partial charge is 0.261 e. The maximum Gasteiger partial charge on any atom is 0.261 e. The summed E-state index contributed by atoms with van der Waals surface area (Å²) in [5, 5.41) is 3.90. The third kappa shape index (κ3) is 4.10. The summed E-state index contributed by atoms with van der Waals surface area (Å²) >= 11 is 9.28. The summed E-state index contributed by atoms with van der Waals surface area (Å²) < 4.78 is 6.19. The van der Waals surface area contributed by atoms with Crippen molar-refractivity contribution in [2.75, 3.05) is 19.5 Å². The van der Waals surface area contributed by atoms with Crippen molar-refractivity contribution in [3.05, 3.63) is 51.4 Å². The van der Waals surface area contributed by atoms with Gasteiger partial charge in [-0.15, -0.1) is 23.1 Å². The SMILES string of the molecule is COCCSc1ccc(C(=O)N[C@@H]2CCc3cc(Cl)ccc32)s1. The molecule has 0 radical (unpaired) electrons. The molecule has 3 rings (SSSR count). The number of amides is 1. The Morgan fingerprint density at radius 2 is 2.30 bits per heavy atom. The van der Waals surface area contributed by atoms with Crippen molar-refractivity contribution in [1.29, 1.82) is 0 Å². The topological polar surface area (TPSA) is 38.3 Å². The van der Waals surface area contributed by atoms with Crippen LogP contribution in [0.1, 0.15) is 33.3 Å². The fourth-order valence-electron chi connectivity index (χ4n) is 2.71. The van der Waals surface area contributed by atoms with Gasteiger partial charge in [-0.05, 0) is 48.2 Å². The van der Waals surface area contributed by atoms with Gasteiger partial charge < -0.3 is 10.1 Å². The minimum Gasteiger partial charge on any atom is -0.384 e. The van der Waals surface area contributed by atoms with Crippen LogP contribution >= 0.6 is 34.7 Å². The number of aryl methyl sites for hydroxylation is 1. The van der Waals surface area contributed by atoms with Crippen molar-refractivity contribution in [1.82, 2.24) is 5.32 Å². The van der Waals surface area contributed by atoms with Gasteiger partial charge in [-0.25, -0.2) is 0 Å². The van der Waals surface area contributed by atoms with Gasteiger partial charge in [0.15, 0.2) is 0 Å². The van der Waals surface area contributed by atoms with Crippen molar-refractivity contribution in [3.8, 4) is 0 Å². The first-order chi connectivity index (χ1) is 11.2. The van der Waals surface area contributed by atoms with Crippen LogP contribution in [0.25, 0.3) is 0 Å². The Balaban J connectivity index is 1.62. The molecular formula is C17H18ClNO2S2. The number of thiophene rings is 1. The van der Waals surface area contributed by atoms with Crippen molar-refractivity contribution >= 4 is 40.6 Å². The van der Waals surface area contributed by atoms with Crippen LogP contribution in [0.2, 0.25) is 5.02 Å². The van der Waals surface area contributed by atoms with Gasteiger partial charge in [0.1, 0.15) is 0 Å². The van der Waals surface area contributed by atoms with Crippen LogP contribution in [0, 0.1) is 0 Å². The molecule has 0 saturated carbocycles. The summed E-state index contributed by atoms with van der Waals surface area (Å²) in [6, 6.07) is 9.89. The summed E-state index contributed by atoms with van der Waals surface area (Å²) in [7, 11) is 1.69. The zero-order chi connectivity index (χ0) is 16.2. The maximum atomic E-state index is 12.5. The number of carbonyl (C=O) groups is 1. The van der Waals surface area contributed by atoms with Crippen LogP contribution < -0.4 is 5.32 Å². The second-order valence-corrected chi connectivity index (χ2v) is 8.28. The number of halogens is 1. The molecule has 23 heavy (non-hydrogen) atoms. The number of nitrogens with one attached hydrogen (secondary N) is 1. The summed E-state index contributed by atoms with van der Waals surface area (Å²) in [5.74, 6) is 0.899. The molecule has 1 atom stereocenters. The van der Waals surface area contributed by atoms with Gasteiger partial charge in [0, 0.05) is 17.9 Å². The number of hydrogen-bond donors (Lipinski definition) is 1. The Bertz CT molecular complexity index is 702. The number of benzene rings is 1. The van der Waals surface area contributed by atoms with Crippen LogP contribution in [-0.2, 0) is 11.2 Å². The van der Waals surface area contributed by atoms with E-state index < -0.39 is 0 Å². The molecule has 1 aliphatic carbocycles. The Morgan fingerprint density at radius 1 is 1.43 bits per heavy atom. The maximum absolute atomic E-state index is 12.5. The third-order valence-corrected chi connectivity index (χ3v) is 6.33. The van der Waals surface area contributed by atoms with E-state index in [-0.39, 0.29) is 11.9 Å². The Kier molecular flexibility index (Phi) is 5.64. The lowest BCUT2D eigenvalue weighted by atomic mass is 10.1. The fourth-order valence-corrected chi connectivity index (χ4v) is 4.92. The van der Waals surface area contributed by atoms with Crippen LogP contribution in [0.4, 0.5) is 0 Å². The highest BCUT2D eigenvalue weighted by Crippen LogP contribution is 2.34. The Hall–Kier alpha value is -1.01. The van der Waals surface area contributed by atoms with Crippen molar-refractivity contribution in [2.24, 2.45) is 0 Å². The van der Waals surface area contributed by atoms with Gasteiger partial charge in [0.25, 0.3) is 5.91 Å². The molecule has 0 saturated heterocycles. The lowest BCUT2D eigenvalue weighted by Crippen LogP contribution is -2.26. The zero-order valence-corrected chi connectivity index (χ0v) is 15.2. The van der Waals surface area contributed by atoms with E-state index in [0.29, 0.717) is 6.61 Å². The van der Waals surface area contributed by atoms with Gasteiger partial charge in [0.05, 0.1) is 21.7 Å². The molecule has 1 heterocycles. The largest absolute Gasteiger partial charge is 0.384 e. The van der Waals surface area contributed by atoms with Gasteiger partial charge >= 0.3 is 0 Å². The molecule has 0 bridgehead atoms. The first kappa shape index (κ1) is 16.8. The van der Waals surface area contributed by atoms with Crippen molar-refractivity contribution in [3.63, 3.8) is 0 Å². The fraction of sp³-hybridized carbons (Fsp3) is 0.353. The van der Waals surface area contributed by atoms with Gasteiger partial charge in [-0.3, -0.25) is 4.79 Å². The quantitative estimate of drug-likeness (QED) is 0.601. The van der Waals surface area contributed by atoms with Crippen LogP contribution in [0.5, 0.6) is 0 Å². The predicted octanol–water partition coefficient (Wildman–Crippen LogP) is 4.56. The normalized spacial score (nSPS) is 16.3. The zero-order valence-electron chi connectivity index (χ0n) is 12.8.